The molecule has 0 bridgehead atoms. The van der Waals surface area contributed by atoms with E-state index in [0.717, 1.165) is 5.01 Å². The van der Waals surface area contributed by atoms with E-state index in [2.05, 4.69) is 9.71 Å². The van der Waals surface area contributed by atoms with Gasteiger partial charge in [0.05, 0.1) is 17.8 Å². The fourth-order valence-corrected chi connectivity index (χ4v) is 3.72. The van der Waals surface area contributed by atoms with Crippen molar-refractivity contribution in [2.24, 2.45) is 0 Å². The van der Waals surface area contributed by atoms with Crippen molar-refractivity contribution in [1.29, 1.82) is 0 Å². The van der Waals surface area contributed by atoms with Gasteiger partial charge in [-0.2, -0.15) is 0 Å². The molecule has 0 saturated heterocycles. The van der Waals surface area contributed by atoms with Gasteiger partial charge in [0, 0.05) is 30.1 Å². The molecule has 0 saturated carbocycles. The third-order valence-electron chi connectivity index (χ3n) is 2.96. The first-order valence-corrected chi connectivity index (χ1v) is 8.63. The summed E-state index contributed by atoms with van der Waals surface area (Å²) < 4.78 is 32.1. The zero-order valence-electron chi connectivity index (χ0n) is 11.7. The fourth-order valence-electron chi connectivity index (χ4n) is 1.78. The van der Waals surface area contributed by atoms with Crippen LogP contribution in [0.25, 0.3) is 0 Å². The predicted molar refractivity (Wildman–Crippen MR) is 83.1 cm³/mol. The lowest BCUT2D eigenvalue weighted by molar-refractivity contribution is 0.414. The number of ether oxygens (including phenoxy) is 1. The molecule has 2 aromatic rings. The van der Waals surface area contributed by atoms with Crippen molar-refractivity contribution >= 4 is 27.0 Å². The highest BCUT2D eigenvalue weighted by Crippen LogP contribution is 2.24. The summed E-state index contributed by atoms with van der Waals surface area (Å²) in [5.41, 5.74) is 5.93. The van der Waals surface area contributed by atoms with Gasteiger partial charge in [-0.3, -0.25) is 0 Å². The molecule has 114 valence electrons. The van der Waals surface area contributed by atoms with Gasteiger partial charge < -0.3 is 10.5 Å². The number of rotatable bonds is 6. The molecule has 1 atom stereocenters. The molecule has 1 heterocycles. The summed E-state index contributed by atoms with van der Waals surface area (Å²) in [6.45, 7) is 2.18. The Hall–Kier alpha value is -1.64. The van der Waals surface area contributed by atoms with Gasteiger partial charge in [0.25, 0.3) is 0 Å². The average Bonchev–Trinajstić information content (AvgIpc) is 2.98. The van der Waals surface area contributed by atoms with Gasteiger partial charge in [-0.05, 0) is 12.1 Å². The van der Waals surface area contributed by atoms with Crippen molar-refractivity contribution in [2.45, 2.75) is 17.7 Å². The summed E-state index contributed by atoms with van der Waals surface area (Å²) in [6, 6.07) is 4.48. The molecule has 0 aliphatic carbocycles. The van der Waals surface area contributed by atoms with Crippen molar-refractivity contribution in [3.05, 3.63) is 34.8 Å². The number of nitrogen functional groups attached to an aromatic ring is 1. The average molecular weight is 327 g/mol. The first kappa shape index (κ1) is 15.7. The maximum absolute atomic E-state index is 12.3. The summed E-state index contributed by atoms with van der Waals surface area (Å²) >= 11 is 1.50. The smallest absolute Gasteiger partial charge is 0.242 e. The topological polar surface area (TPSA) is 94.3 Å². The Labute approximate surface area is 128 Å². The van der Waals surface area contributed by atoms with Crippen LogP contribution in [0.15, 0.2) is 34.7 Å². The highest BCUT2D eigenvalue weighted by Gasteiger charge is 2.19. The van der Waals surface area contributed by atoms with Crippen molar-refractivity contribution < 1.29 is 13.2 Å². The van der Waals surface area contributed by atoms with E-state index < -0.39 is 10.0 Å². The molecule has 3 N–H and O–H groups in total. The Kier molecular flexibility index (Phi) is 4.81. The Bertz CT molecular complexity index is 699. The molecule has 1 aromatic heterocycles. The van der Waals surface area contributed by atoms with Crippen LogP contribution in [0.1, 0.15) is 17.8 Å². The molecule has 1 aromatic carbocycles. The standard InChI is InChI=1S/C13H17N3O3S2/c1-9(13-15-5-6-20-13)8-16-21(17,18)12-4-3-10(19-2)7-11(12)14/h3-7,9,16H,8,14H2,1-2H3. The van der Waals surface area contributed by atoms with Gasteiger partial charge in [-0.15, -0.1) is 11.3 Å². The van der Waals surface area contributed by atoms with Crippen LogP contribution in [0.5, 0.6) is 5.75 Å². The molecule has 0 amide bonds. The van der Waals surface area contributed by atoms with Crippen LogP contribution < -0.4 is 15.2 Å². The lowest BCUT2D eigenvalue weighted by Gasteiger charge is -2.12. The van der Waals surface area contributed by atoms with E-state index in [-0.39, 0.29) is 23.0 Å². The number of nitrogens with two attached hydrogens (primary N) is 1. The van der Waals surface area contributed by atoms with E-state index in [4.69, 9.17) is 10.5 Å². The Morgan fingerprint density at radius 3 is 2.81 bits per heavy atom. The van der Waals surface area contributed by atoms with Gasteiger partial charge in [-0.1, -0.05) is 6.92 Å². The molecule has 1 unspecified atom stereocenters. The molecule has 21 heavy (non-hydrogen) atoms. The summed E-state index contributed by atoms with van der Waals surface area (Å²) in [5.74, 6) is 0.516. The molecule has 2 rings (SSSR count). The Morgan fingerprint density at radius 2 is 2.24 bits per heavy atom. The van der Waals surface area contributed by atoms with E-state index >= 15 is 0 Å². The number of methoxy groups -OCH3 is 1. The lowest BCUT2D eigenvalue weighted by atomic mass is 10.2. The zero-order valence-corrected chi connectivity index (χ0v) is 13.4. The molecular weight excluding hydrogens is 310 g/mol. The monoisotopic (exact) mass is 327 g/mol. The third kappa shape index (κ3) is 3.72. The Balaban J connectivity index is 2.11. The normalized spacial score (nSPS) is 13.0. The molecule has 8 heteroatoms. The van der Waals surface area contributed by atoms with Crippen molar-refractivity contribution in [2.75, 3.05) is 19.4 Å². The van der Waals surface area contributed by atoms with Crippen molar-refractivity contribution in [3.63, 3.8) is 0 Å². The largest absolute Gasteiger partial charge is 0.497 e. The fraction of sp³-hybridized carbons (Fsp3) is 0.308. The number of thiazole rings is 1. The molecule has 0 spiro atoms. The second-order valence-corrected chi connectivity index (χ2v) is 7.19. The van der Waals surface area contributed by atoms with E-state index in [1.165, 1.54) is 30.6 Å². The first-order valence-electron chi connectivity index (χ1n) is 6.26. The molecule has 0 radical (unpaired) electrons. The molecule has 6 nitrogen and oxygen atoms in total. The van der Waals surface area contributed by atoms with Crippen molar-refractivity contribution in [1.82, 2.24) is 9.71 Å². The van der Waals surface area contributed by atoms with Gasteiger partial charge in [0.15, 0.2) is 0 Å². The van der Waals surface area contributed by atoms with Crippen LogP contribution in [-0.2, 0) is 10.0 Å². The molecule has 0 aliphatic heterocycles. The van der Waals surface area contributed by atoms with Crippen LogP contribution in [0.2, 0.25) is 0 Å². The highest BCUT2D eigenvalue weighted by atomic mass is 32.2. The number of nitrogens with zero attached hydrogens (tertiary/aromatic N) is 1. The third-order valence-corrected chi connectivity index (χ3v) is 5.46. The van der Waals surface area contributed by atoms with Crippen LogP contribution in [0, 0.1) is 0 Å². The number of hydrogen-bond donors (Lipinski definition) is 2. The summed E-state index contributed by atoms with van der Waals surface area (Å²) in [4.78, 5) is 4.22. The number of hydrogen-bond acceptors (Lipinski definition) is 6. The van der Waals surface area contributed by atoms with Crippen LogP contribution in [0.4, 0.5) is 5.69 Å². The zero-order chi connectivity index (χ0) is 15.5. The van der Waals surface area contributed by atoms with Gasteiger partial charge >= 0.3 is 0 Å². The summed E-state index contributed by atoms with van der Waals surface area (Å²) in [6.07, 6.45) is 1.70. The van der Waals surface area contributed by atoms with Crippen LogP contribution in [0.3, 0.4) is 0 Å². The highest BCUT2D eigenvalue weighted by molar-refractivity contribution is 7.89. The Morgan fingerprint density at radius 1 is 1.48 bits per heavy atom. The minimum absolute atomic E-state index is 0.000696. The maximum Gasteiger partial charge on any atom is 0.242 e. The first-order chi connectivity index (χ1) is 9.94. The second-order valence-electron chi connectivity index (χ2n) is 4.53. The van der Waals surface area contributed by atoms with Crippen molar-refractivity contribution in [3.8, 4) is 5.75 Å². The number of sulfonamides is 1. The van der Waals surface area contributed by atoms with Crippen LogP contribution in [-0.4, -0.2) is 27.1 Å². The molecule has 0 aliphatic rings. The van der Waals surface area contributed by atoms with Crippen LogP contribution >= 0.6 is 11.3 Å². The minimum atomic E-state index is -3.66. The summed E-state index contributed by atoms with van der Waals surface area (Å²) in [7, 11) is -2.16. The number of benzene rings is 1. The van der Waals surface area contributed by atoms with E-state index in [0.29, 0.717) is 5.75 Å². The van der Waals surface area contributed by atoms with Gasteiger partial charge in [0.1, 0.15) is 10.6 Å². The predicted octanol–water partition coefficient (Wildman–Crippen LogP) is 1.82. The maximum atomic E-state index is 12.3. The SMILES string of the molecule is COc1ccc(S(=O)(=O)NCC(C)c2nccs2)c(N)c1. The lowest BCUT2D eigenvalue weighted by Crippen LogP contribution is -2.28. The molecular formula is C13H17N3O3S2. The molecule has 0 fully saturated rings. The van der Waals surface area contributed by atoms with E-state index in [1.807, 2.05) is 12.3 Å². The van der Waals surface area contributed by atoms with Gasteiger partial charge in [-0.25, -0.2) is 18.1 Å². The minimum Gasteiger partial charge on any atom is -0.497 e. The quantitative estimate of drug-likeness (QED) is 0.789. The van der Waals surface area contributed by atoms with E-state index in [9.17, 15) is 8.42 Å². The number of aromatic nitrogens is 1. The number of nitrogens with one attached hydrogen (secondary N) is 1. The second kappa shape index (κ2) is 6.42. The van der Waals surface area contributed by atoms with E-state index in [1.54, 1.807) is 12.3 Å². The van der Waals surface area contributed by atoms with Gasteiger partial charge in [0.2, 0.25) is 10.0 Å². The summed E-state index contributed by atoms with van der Waals surface area (Å²) in [5, 5.41) is 2.75. The number of anilines is 1.